The number of hydrogen-bond donors (Lipinski definition) is 1. The van der Waals surface area contributed by atoms with Crippen LogP contribution in [0.1, 0.15) is 32.0 Å². The predicted molar refractivity (Wildman–Crippen MR) is 98.3 cm³/mol. The van der Waals surface area contributed by atoms with Gasteiger partial charge in [0.15, 0.2) is 0 Å². The topological polar surface area (TPSA) is 58.3 Å². The number of hydrogen-bond acceptors (Lipinski definition) is 5. The van der Waals surface area contributed by atoms with E-state index in [9.17, 15) is 0 Å². The SMILES string of the molecule is CC1CCCCN1C1CN(c2nc(CCN)nc3ccccc23)C1. The average Bonchev–Trinajstić information content (AvgIpc) is 2.55. The number of rotatable bonds is 4. The lowest BCUT2D eigenvalue weighted by atomic mass is 9.97. The van der Waals surface area contributed by atoms with Crippen molar-refractivity contribution in [2.75, 3.05) is 31.1 Å². The van der Waals surface area contributed by atoms with Gasteiger partial charge in [-0.25, -0.2) is 9.97 Å². The molecule has 0 amide bonds. The van der Waals surface area contributed by atoms with E-state index in [-0.39, 0.29) is 0 Å². The number of anilines is 1. The van der Waals surface area contributed by atoms with Crippen LogP contribution in [0, 0.1) is 0 Å². The molecule has 3 heterocycles. The van der Waals surface area contributed by atoms with Crippen molar-refractivity contribution in [1.29, 1.82) is 0 Å². The fourth-order valence-electron chi connectivity index (χ4n) is 4.09. The van der Waals surface area contributed by atoms with Crippen LogP contribution in [0.5, 0.6) is 0 Å². The second-order valence-corrected chi connectivity index (χ2v) is 7.16. The van der Waals surface area contributed by atoms with Crippen LogP contribution in [0.4, 0.5) is 5.82 Å². The van der Waals surface area contributed by atoms with E-state index >= 15 is 0 Å². The van der Waals surface area contributed by atoms with Crippen molar-refractivity contribution in [3.05, 3.63) is 30.1 Å². The number of benzene rings is 1. The highest BCUT2D eigenvalue weighted by Gasteiger charge is 2.36. The minimum atomic E-state index is 0.589. The van der Waals surface area contributed by atoms with Crippen molar-refractivity contribution in [2.24, 2.45) is 5.73 Å². The molecule has 2 aliphatic rings. The minimum Gasteiger partial charge on any atom is -0.353 e. The molecule has 5 heteroatoms. The molecule has 128 valence electrons. The molecule has 1 aromatic carbocycles. The second-order valence-electron chi connectivity index (χ2n) is 7.16. The Labute approximate surface area is 143 Å². The Bertz CT molecular complexity index is 710. The van der Waals surface area contributed by atoms with E-state index in [1.807, 2.05) is 6.07 Å². The third-order valence-corrected chi connectivity index (χ3v) is 5.48. The fourth-order valence-corrected chi connectivity index (χ4v) is 4.09. The Morgan fingerprint density at radius 2 is 2.00 bits per heavy atom. The van der Waals surface area contributed by atoms with Crippen molar-refractivity contribution in [2.45, 2.75) is 44.7 Å². The molecular formula is C19H27N5. The van der Waals surface area contributed by atoms with Gasteiger partial charge in [-0.1, -0.05) is 18.6 Å². The molecule has 24 heavy (non-hydrogen) atoms. The summed E-state index contributed by atoms with van der Waals surface area (Å²) in [7, 11) is 0. The average molecular weight is 325 g/mol. The van der Waals surface area contributed by atoms with Crippen LogP contribution in [0.25, 0.3) is 10.9 Å². The van der Waals surface area contributed by atoms with E-state index in [2.05, 4.69) is 39.9 Å². The van der Waals surface area contributed by atoms with Gasteiger partial charge < -0.3 is 10.6 Å². The highest BCUT2D eigenvalue weighted by Crippen LogP contribution is 2.31. The molecule has 1 aromatic heterocycles. The van der Waals surface area contributed by atoms with Crippen LogP contribution < -0.4 is 10.6 Å². The zero-order valence-corrected chi connectivity index (χ0v) is 14.5. The standard InChI is InChI=1S/C19H27N5/c1-14-6-4-5-11-24(14)15-12-23(13-15)19-16-7-2-3-8-17(16)21-18(22-19)9-10-20/h2-3,7-8,14-15H,4-6,9-13,20H2,1H3. The fraction of sp³-hybridized carbons (Fsp3) is 0.579. The third-order valence-electron chi connectivity index (χ3n) is 5.48. The molecule has 4 rings (SSSR count). The molecule has 5 nitrogen and oxygen atoms in total. The monoisotopic (exact) mass is 325 g/mol. The first-order valence-corrected chi connectivity index (χ1v) is 9.22. The van der Waals surface area contributed by atoms with Gasteiger partial charge in [0.1, 0.15) is 11.6 Å². The summed E-state index contributed by atoms with van der Waals surface area (Å²) < 4.78 is 0. The summed E-state index contributed by atoms with van der Waals surface area (Å²) in [6.45, 7) is 6.37. The summed E-state index contributed by atoms with van der Waals surface area (Å²) in [5, 5.41) is 1.16. The lowest BCUT2D eigenvalue weighted by Crippen LogP contribution is -2.62. The lowest BCUT2D eigenvalue weighted by Gasteiger charge is -2.49. The van der Waals surface area contributed by atoms with Gasteiger partial charge >= 0.3 is 0 Å². The minimum absolute atomic E-state index is 0.589. The molecule has 2 saturated heterocycles. The zero-order valence-electron chi connectivity index (χ0n) is 14.5. The van der Waals surface area contributed by atoms with E-state index in [1.54, 1.807) is 0 Å². The van der Waals surface area contributed by atoms with Gasteiger partial charge in [-0.15, -0.1) is 0 Å². The number of para-hydroxylation sites is 1. The Hall–Kier alpha value is -1.72. The summed E-state index contributed by atoms with van der Waals surface area (Å²) in [5.41, 5.74) is 6.74. The predicted octanol–water partition coefficient (Wildman–Crippen LogP) is 2.19. The van der Waals surface area contributed by atoms with E-state index < -0.39 is 0 Å². The Morgan fingerprint density at radius 3 is 2.79 bits per heavy atom. The number of piperidine rings is 1. The maximum Gasteiger partial charge on any atom is 0.140 e. The maximum atomic E-state index is 5.71. The van der Waals surface area contributed by atoms with Crippen molar-refractivity contribution in [1.82, 2.24) is 14.9 Å². The molecule has 2 aliphatic heterocycles. The molecule has 2 aromatic rings. The molecule has 2 N–H and O–H groups in total. The summed E-state index contributed by atoms with van der Waals surface area (Å²) in [6, 6.07) is 9.72. The van der Waals surface area contributed by atoms with Crippen molar-refractivity contribution in [3.8, 4) is 0 Å². The second kappa shape index (κ2) is 6.65. The van der Waals surface area contributed by atoms with Crippen molar-refractivity contribution in [3.63, 3.8) is 0 Å². The molecule has 0 spiro atoms. The quantitative estimate of drug-likeness (QED) is 0.934. The van der Waals surface area contributed by atoms with Gasteiger partial charge in [0.25, 0.3) is 0 Å². The van der Waals surface area contributed by atoms with Crippen molar-refractivity contribution >= 4 is 16.7 Å². The maximum absolute atomic E-state index is 5.71. The highest BCUT2D eigenvalue weighted by molar-refractivity contribution is 5.89. The lowest BCUT2D eigenvalue weighted by molar-refractivity contribution is 0.0873. The van der Waals surface area contributed by atoms with Crippen LogP contribution in [0.15, 0.2) is 24.3 Å². The number of nitrogens with two attached hydrogens (primary N) is 1. The molecule has 0 bridgehead atoms. The molecule has 0 saturated carbocycles. The summed E-state index contributed by atoms with van der Waals surface area (Å²) in [4.78, 5) is 14.6. The first-order chi connectivity index (χ1) is 11.8. The summed E-state index contributed by atoms with van der Waals surface area (Å²) in [6.07, 6.45) is 4.80. The Balaban J connectivity index is 1.56. The molecule has 1 atom stereocenters. The molecular weight excluding hydrogens is 298 g/mol. The zero-order chi connectivity index (χ0) is 16.5. The van der Waals surface area contributed by atoms with E-state index in [4.69, 9.17) is 10.7 Å². The van der Waals surface area contributed by atoms with Gasteiger partial charge in [0, 0.05) is 37.0 Å². The van der Waals surface area contributed by atoms with Crippen molar-refractivity contribution < 1.29 is 0 Å². The normalized spacial score (nSPS) is 22.8. The number of likely N-dealkylation sites (tertiary alicyclic amines) is 1. The molecule has 0 aliphatic carbocycles. The highest BCUT2D eigenvalue weighted by atomic mass is 15.3. The molecule has 1 unspecified atom stereocenters. The first-order valence-electron chi connectivity index (χ1n) is 9.22. The summed E-state index contributed by atoms with van der Waals surface area (Å²) in [5.74, 6) is 1.95. The van der Waals surface area contributed by atoms with Crippen LogP contribution in [-0.4, -0.2) is 53.1 Å². The summed E-state index contributed by atoms with van der Waals surface area (Å²) >= 11 is 0. The number of aromatic nitrogens is 2. The van der Waals surface area contributed by atoms with Crippen LogP contribution in [0.2, 0.25) is 0 Å². The smallest absolute Gasteiger partial charge is 0.140 e. The number of nitrogens with zero attached hydrogens (tertiary/aromatic N) is 4. The van der Waals surface area contributed by atoms with Gasteiger partial charge in [-0.3, -0.25) is 4.90 Å². The molecule has 0 radical (unpaired) electrons. The van der Waals surface area contributed by atoms with E-state index in [1.165, 1.54) is 25.8 Å². The van der Waals surface area contributed by atoms with Crippen LogP contribution in [-0.2, 0) is 6.42 Å². The van der Waals surface area contributed by atoms with E-state index in [0.29, 0.717) is 12.6 Å². The van der Waals surface area contributed by atoms with Gasteiger partial charge in [0.2, 0.25) is 0 Å². The largest absolute Gasteiger partial charge is 0.353 e. The number of fused-ring (bicyclic) bond motifs is 1. The first kappa shape index (κ1) is 15.8. The van der Waals surface area contributed by atoms with Crippen LogP contribution >= 0.6 is 0 Å². The van der Waals surface area contributed by atoms with E-state index in [0.717, 1.165) is 48.1 Å². The Morgan fingerprint density at radius 1 is 1.17 bits per heavy atom. The Kier molecular flexibility index (Phi) is 4.37. The third kappa shape index (κ3) is 2.87. The van der Waals surface area contributed by atoms with Crippen LogP contribution in [0.3, 0.4) is 0 Å². The van der Waals surface area contributed by atoms with Gasteiger partial charge in [-0.05, 0) is 45.0 Å². The molecule has 2 fully saturated rings. The van der Waals surface area contributed by atoms with Gasteiger partial charge in [-0.2, -0.15) is 0 Å². The van der Waals surface area contributed by atoms with Gasteiger partial charge in [0.05, 0.1) is 5.52 Å².